The van der Waals surface area contributed by atoms with Crippen LogP contribution in [-0.2, 0) is 20.6 Å². The summed E-state index contributed by atoms with van der Waals surface area (Å²) in [6.45, 7) is 12.9. The molecule has 0 bridgehead atoms. The Labute approximate surface area is 147 Å². The summed E-state index contributed by atoms with van der Waals surface area (Å²) in [4.78, 5) is 12.2. The summed E-state index contributed by atoms with van der Waals surface area (Å²) >= 11 is 0. The van der Waals surface area contributed by atoms with Crippen LogP contribution >= 0.6 is 0 Å². The molecule has 1 heterocycles. The molecule has 0 saturated carbocycles. The molecule has 134 valence electrons. The highest BCUT2D eigenvalue weighted by atomic mass is 28.4. The van der Waals surface area contributed by atoms with Crippen molar-refractivity contribution in [3.05, 3.63) is 35.9 Å². The summed E-state index contributed by atoms with van der Waals surface area (Å²) in [6.07, 6.45) is 0.794. The molecule has 1 aliphatic heterocycles. The van der Waals surface area contributed by atoms with Crippen LogP contribution in [0.15, 0.2) is 30.3 Å². The SMILES string of the molecule is CC(C)(C)[Si](C)(C)OC[C@@H]1C[C@H](C(=O)OCc2ccccc2)CN1. The third-order valence-corrected chi connectivity index (χ3v) is 9.73. The molecule has 24 heavy (non-hydrogen) atoms. The van der Waals surface area contributed by atoms with Gasteiger partial charge in [0.2, 0.25) is 0 Å². The number of hydrogen-bond acceptors (Lipinski definition) is 4. The molecule has 1 aromatic carbocycles. The molecule has 1 aliphatic rings. The van der Waals surface area contributed by atoms with E-state index in [9.17, 15) is 4.79 Å². The Hall–Kier alpha value is -1.17. The van der Waals surface area contributed by atoms with Crippen molar-refractivity contribution in [3.8, 4) is 0 Å². The number of esters is 1. The van der Waals surface area contributed by atoms with Crippen molar-refractivity contribution in [2.45, 2.75) is 58.0 Å². The standard InChI is InChI=1S/C19H31NO3Si/c1-19(2,3)24(4,5)23-14-17-11-16(12-20-17)18(21)22-13-15-9-7-6-8-10-15/h6-10,16-17,20H,11-14H2,1-5H3/t16-,17-/m0/s1. The van der Waals surface area contributed by atoms with Crippen LogP contribution in [0.4, 0.5) is 0 Å². The molecule has 1 N–H and O–H groups in total. The van der Waals surface area contributed by atoms with E-state index in [2.05, 4.69) is 39.2 Å². The summed E-state index contributed by atoms with van der Waals surface area (Å²) in [5.74, 6) is -0.178. The minimum Gasteiger partial charge on any atom is -0.461 e. The van der Waals surface area contributed by atoms with Crippen molar-refractivity contribution >= 4 is 14.3 Å². The fraction of sp³-hybridized carbons (Fsp3) is 0.632. The van der Waals surface area contributed by atoms with Gasteiger partial charge in [-0.25, -0.2) is 0 Å². The largest absolute Gasteiger partial charge is 0.461 e. The van der Waals surface area contributed by atoms with Crippen LogP contribution in [0.2, 0.25) is 18.1 Å². The van der Waals surface area contributed by atoms with E-state index in [1.54, 1.807) is 0 Å². The van der Waals surface area contributed by atoms with Gasteiger partial charge in [0.05, 0.1) is 5.92 Å². The lowest BCUT2D eigenvalue weighted by molar-refractivity contribution is -0.149. The third kappa shape index (κ3) is 5.16. The van der Waals surface area contributed by atoms with Crippen LogP contribution < -0.4 is 5.32 Å². The molecule has 0 radical (unpaired) electrons. The first-order valence-corrected chi connectivity index (χ1v) is 11.7. The number of hydrogen-bond donors (Lipinski definition) is 1. The second kappa shape index (κ2) is 7.81. The van der Waals surface area contributed by atoms with Crippen molar-refractivity contribution < 1.29 is 14.0 Å². The predicted molar refractivity (Wildman–Crippen MR) is 99.3 cm³/mol. The van der Waals surface area contributed by atoms with Gasteiger partial charge in [-0.05, 0) is 30.1 Å². The highest BCUT2D eigenvalue weighted by Crippen LogP contribution is 2.36. The molecular weight excluding hydrogens is 318 g/mol. The van der Waals surface area contributed by atoms with Gasteiger partial charge in [0.25, 0.3) is 0 Å². The second-order valence-corrected chi connectivity index (χ2v) is 13.0. The average Bonchev–Trinajstić information content (AvgIpc) is 3.00. The van der Waals surface area contributed by atoms with Crippen molar-refractivity contribution in [2.24, 2.45) is 5.92 Å². The van der Waals surface area contributed by atoms with Crippen LogP contribution in [-0.4, -0.2) is 33.5 Å². The Morgan fingerprint density at radius 2 is 1.92 bits per heavy atom. The molecule has 0 aromatic heterocycles. The zero-order valence-electron chi connectivity index (χ0n) is 15.6. The lowest BCUT2D eigenvalue weighted by Crippen LogP contribution is -2.43. The summed E-state index contributed by atoms with van der Waals surface area (Å²) in [6, 6.07) is 10.0. The van der Waals surface area contributed by atoms with E-state index in [4.69, 9.17) is 9.16 Å². The Morgan fingerprint density at radius 3 is 2.54 bits per heavy atom. The van der Waals surface area contributed by atoms with E-state index in [1.807, 2.05) is 30.3 Å². The first kappa shape index (κ1) is 19.2. The van der Waals surface area contributed by atoms with E-state index in [1.165, 1.54) is 0 Å². The monoisotopic (exact) mass is 349 g/mol. The van der Waals surface area contributed by atoms with Gasteiger partial charge in [-0.15, -0.1) is 0 Å². The van der Waals surface area contributed by atoms with Gasteiger partial charge in [0.15, 0.2) is 8.32 Å². The molecule has 0 spiro atoms. The molecule has 1 saturated heterocycles. The summed E-state index contributed by atoms with van der Waals surface area (Å²) in [5, 5.41) is 3.61. The van der Waals surface area contributed by atoms with Crippen molar-refractivity contribution in [1.29, 1.82) is 0 Å². The van der Waals surface area contributed by atoms with Gasteiger partial charge in [-0.3, -0.25) is 4.79 Å². The lowest BCUT2D eigenvalue weighted by Gasteiger charge is -2.37. The molecule has 0 unspecified atom stereocenters. The van der Waals surface area contributed by atoms with Gasteiger partial charge in [-0.1, -0.05) is 51.1 Å². The van der Waals surface area contributed by atoms with E-state index in [0.29, 0.717) is 19.8 Å². The van der Waals surface area contributed by atoms with Gasteiger partial charge < -0.3 is 14.5 Å². The fourth-order valence-electron chi connectivity index (χ4n) is 2.50. The first-order valence-electron chi connectivity index (χ1n) is 8.77. The molecule has 2 atom stereocenters. The summed E-state index contributed by atoms with van der Waals surface area (Å²) in [7, 11) is -1.74. The second-order valence-electron chi connectivity index (χ2n) is 8.20. The van der Waals surface area contributed by atoms with Crippen LogP contribution in [0.5, 0.6) is 0 Å². The number of rotatable bonds is 6. The predicted octanol–water partition coefficient (Wildman–Crippen LogP) is 3.73. The van der Waals surface area contributed by atoms with Gasteiger partial charge in [-0.2, -0.15) is 0 Å². The van der Waals surface area contributed by atoms with Gasteiger partial charge in [0.1, 0.15) is 6.61 Å². The topological polar surface area (TPSA) is 47.6 Å². The number of benzene rings is 1. The maximum atomic E-state index is 12.2. The van der Waals surface area contributed by atoms with E-state index >= 15 is 0 Å². The lowest BCUT2D eigenvalue weighted by atomic mass is 10.1. The quantitative estimate of drug-likeness (QED) is 0.628. The third-order valence-electron chi connectivity index (χ3n) is 5.23. The zero-order valence-corrected chi connectivity index (χ0v) is 16.6. The highest BCUT2D eigenvalue weighted by Gasteiger charge is 2.39. The smallest absolute Gasteiger partial charge is 0.310 e. The van der Waals surface area contributed by atoms with Crippen molar-refractivity contribution in [2.75, 3.05) is 13.2 Å². The number of ether oxygens (including phenoxy) is 1. The molecule has 1 aromatic rings. The molecule has 2 rings (SSSR count). The zero-order chi connectivity index (χ0) is 17.8. The summed E-state index contributed by atoms with van der Waals surface area (Å²) in [5.41, 5.74) is 1.02. The highest BCUT2D eigenvalue weighted by molar-refractivity contribution is 6.74. The van der Waals surface area contributed by atoms with Crippen LogP contribution in [0, 0.1) is 5.92 Å². The maximum Gasteiger partial charge on any atom is 0.310 e. The minimum absolute atomic E-state index is 0.0678. The van der Waals surface area contributed by atoms with E-state index in [-0.39, 0.29) is 23.0 Å². The fourth-order valence-corrected chi connectivity index (χ4v) is 3.55. The number of nitrogens with one attached hydrogen (secondary N) is 1. The Bertz CT molecular complexity index is 539. The maximum absolute atomic E-state index is 12.2. The van der Waals surface area contributed by atoms with Crippen molar-refractivity contribution in [3.63, 3.8) is 0 Å². The normalized spacial score (nSPS) is 21.7. The van der Waals surface area contributed by atoms with E-state index in [0.717, 1.165) is 12.0 Å². The Balaban J connectivity index is 1.75. The van der Waals surface area contributed by atoms with E-state index < -0.39 is 8.32 Å². The molecule has 4 nitrogen and oxygen atoms in total. The van der Waals surface area contributed by atoms with Crippen molar-refractivity contribution in [1.82, 2.24) is 5.32 Å². The average molecular weight is 350 g/mol. The minimum atomic E-state index is -1.74. The molecule has 0 amide bonds. The van der Waals surface area contributed by atoms with Crippen LogP contribution in [0.3, 0.4) is 0 Å². The molecule has 0 aliphatic carbocycles. The summed E-state index contributed by atoms with van der Waals surface area (Å²) < 4.78 is 11.7. The van der Waals surface area contributed by atoms with Crippen LogP contribution in [0.1, 0.15) is 32.8 Å². The molecule has 1 fully saturated rings. The van der Waals surface area contributed by atoms with Gasteiger partial charge in [0, 0.05) is 19.2 Å². The first-order chi connectivity index (χ1) is 11.2. The number of carbonyl (C=O) groups excluding carboxylic acids is 1. The Kier molecular flexibility index (Phi) is 6.23. The molecule has 5 heteroatoms. The molecular formula is C19H31NO3Si. The Morgan fingerprint density at radius 1 is 1.25 bits per heavy atom. The van der Waals surface area contributed by atoms with Gasteiger partial charge >= 0.3 is 5.97 Å². The number of carbonyl (C=O) groups is 1. The van der Waals surface area contributed by atoms with Crippen LogP contribution in [0.25, 0.3) is 0 Å².